The molecule has 0 saturated carbocycles. The summed E-state index contributed by atoms with van der Waals surface area (Å²) in [5.41, 5.74) is 7.94. The fraction of sp³-hybridized carbons (Fsp3) is 0.429. The Balaban J connectivity index is 1.82. The third-order valence-electron chi connectivity index (χ3n) is 3.73. The second kappa shape index (κ2) is 5.01. The average Bonchev–Trinajstić information content (AvgIpc) is 2.99. The van der Waals surface area contributed by atoms with Gasteiger partial charge in [0.25, 0.3) is 0 Å². The number of aromatic nitrogens is 3. The van der Waals surface area contributed by atoms with Crippen LogP contribution in [-0.4, -0.2) is 39.6 Å². The van der Waals surface area contributed by atoms with Gasteiger partial charge in [0.2, 0.25) is 0 Å². The zero-order valence-electron chi connectivity index (χ0n) is 11.2. The van der Waals surface area contributed by atoms with Gasteiger partial charge in [-0.1, -0.05) is 0 Å². The summed E-state index contributed by atoms with van der Waals surface area (Å²) in [4.78, 5) is 10.7. The third-order valence-corrected chi connectivity index (χ3v) is 3.73. The molecule has 19 heavy (non-hydrogen) atoms. The van der Waals surface area contributed by atoms with Gasteiger partial charge in [0.15, 0.2) is 0 Å². The Kier molecular flexibility index (Phi) is 3.21. The molecule has 1 aliphatic rings. The third kappa shape index (κ3) is 2.61. The first-order chi connectivity index (χ1) is 9.22. The Bertz CT molecular complexity index is 562. The van der Waals surface area contributed by atoms with Gasteiger partial charge in [-0.15, -0.1) is 0 Å². The van der Waals surface area contributed by atoms with Crippen molar-refractivity contribution in [1.29, 1.82) is 0 Å². The van der Waals surface area contributed by atoms with Gasteiger partial charge in [-0.05, 0) is 38.1 Å². The smallest absolute Gasteiger partial charge is 0.123 e. The Morgan fingerprint density at radius 3 is 3.11 bits per heavy atom. The highest BCUT2D eigenvalue weighted by Gasteiger charge is 2.20. The minimum absolute atomic E-state index is 0.547. The van der Waals surface area contributed by atoms with E-state index in [0.717, 1.165) is 24.3 Å². The molecular weight excluding hydrogens is 238 g/mol. The van der Waals surface area contributed by atoms with Crippen LogP contribution in [-0.2, 0) is 6.54 Å². The van der Waals surface area contributed by atoms with E-state index in [2.05, 4.69) is 26.5 Å². The van der Waals surface area contributed by atoms with Crippen LogP contribution in [0.3, 0.4) is 0 Å². The lowest BCUT2D eigenvalue weighted by atomic mass is 10.1. The minimum atomic E-state index is 0.547. The molecule has 100 valence electrons. The summed E-state index contributed by atoms with van der Waals surface area (Å²) < 4.78 is 2.22. The van der Waals surface area contributed by atoms with Crippen LogP contribution in [0.25, 0.3) is 11.3 Å². The molecule has 0 spiro atoms. The second-order valence-electron chi connectivity index (χ2n) is 5.32. The number of nitrogen functional groups attached to an aromatic ring is 1. The Morgan fingerprint density at radius 2 is 2.37 bits per heavy atom. The van der Waals surface area contributed by atoms with E-state index in [1.54, 1.807) is 6.20 Å². The Hall–Kier alpha value is -1.88. The second-order valence-corrected chi connectivity index (χ2v) is 5.32. The van der Waals surface area contributed by atoms with Crippen molar-refractivity contribution in [3.63, 3.8) is 0 Å². The first kappa shape index (κ1) is 12.2. The van der Waals surface area contributed by atoms with Crippen LogP contribution >= 0.6 is 0 Å². The van der Waals surface area contributed by atoms with Crippen LogP contribution in [0, 0.1) is 5.92 Å². The number of hydrogen-bond acceptors (Lipinski definition) is 4. The summed E-state index contributed by atoms with van der Waals surface area (Å²) >= 11 is 0. The fourth-order valence-electron chi connectivity index (χ4n) is 2.77. The molecule has 1 fully saturated rings. The zero-order valence-corrected chi connectivity index (χ0v) is 11.2. The molecule has 5 heteroatoms. The van der Waals surface area contributed by atoms with Crippen molar-refractivity contribution in [2.75, 3.05) is 25.9 Å². The van der Waals surface area contributed by atoms with Crippen LogP contribution in [0.2, 0.25) is 0 Å². The van der Waals surface area contributed by atoms with E-state index in [-0.39, 0.29) is 0 Å². The summed E-state index contributed by atoms with van der Waals surface area (Å²) in [7, 11) is 2.18. The molecule has 1 atom stereocenters. The number of rotatable bonds is 3. The topological polar surface area (TPSA) is 60.0 Å². The fourth-order valence-corrected chi connectivity index (χ4v) is 2.77. The van der Waals surface area contributed by atoms with Gasteiger partial charge in [-0.2, -0.15) is 0 Å². The van der Waals surface area contributed by atoms with Crippen LogP contribution < -0.4 is 5.73 Å². The molecule has 0 radical (unpaired) electrons. The molecular formula is C14H19N5. The van der Waals surface area contributed by atoms with E-state index in [4.69, 9.17) is 5.73 Å². The molecule has 5 nitrogen and oxygen atoms in total. The Morgan fingerprint density at radius 1 is 1.47 bits per heavy atom. The van der Waals surface area contributed by atoms with Gasteiger partial charge in [0.1, 0.15) is 5.82 Å². The molecule has 3 rings (SSSR count). The lowest BCUT2D eigenvalue weighted by Gasteiger charge is -2.14. The molecule has 2 aromatic heterocycles. The lowest BCUT2D eigenvalue weighted by molar-refractivity contribution is 0.378. The number of likely N-dealkylation sites (tertiary alicyclic amines) is 1. The first-order valence-electron chi connectivity index (χ1n) is 6.63. The molecule has 1 saturated heterocycles. The van der Waals surface area contributed by atoms with Crippen molar-refractivity contribution < 1.29 is 0 Å². The highest BCUT2D eigenvalue weighted by atomic mass is 15.1. The maximum absolute atomic E-state index is 5.75. The minimum Gasteiger partial charge on any atom is -0.384 e. The van der Waals surface area contributed by atoms with Gasteiger partial charge < -0.3 is 15.2 Å². The molecule has 0 aliphatic carbocycles. The average molecular weight is 257 g/mol. The van der Waals surface area contributed by atoms with Gasteiger partial charge in [-0.3, -0.25) is 0 Å². The summed E-state index contributed by atoms with van der Waals surface area (Å²) in [6.45, 7) is 3.37. The summed E-state index contributed by atoms with van der Waals surface area (Å²) in [5, 5.41) is 0. The quantitative estimate of drug-likeness (QED) is 0.904. The van der Waals surface area contributed by atoms with E-state index in [9.17, 15) is 0 Å². The number of pyridine rings is 1. The predicted molar refractivity (Wildman–Crippen MR) is 75.5 cm³/mol. The van der Waals surface area contributed by atoms with Gasteiger partial charge in [0.05, 0.1) is 18.2 Å². The van der Waals surface area contributed by atoms with E-state index in [1.165, 1.54) is 13.0 Å². The number of imidazole rings is 1. The monoisotopic (exact) mass is 257 g/mol. The first-order valence-corrected chi connectivity index (χ1v) is 6.63. The normalized spacial score (nSPS) is 19.9. The van der Waals surface area contributed by atoms with E-state index in [0.29, 0.717) is 11.7 Å². The molecule has 1 aliphatic heterocycles. The predicted octanol–water partition coefficient (Wildman–Crippen LogP) is 1.48. The van der Waals surface area contributed by atoms with E-state index < -0.39 is 0 Å². The van der Waals surface area contributed by atoms with Crippen LogP contribution in [0.15, 0.2) is 30.9 Å². The molecule has 0 aromatic carbocycles. The maximum atomic E-state index is 5.75. The van der Waals surface area contributed by atoms with Crippen molar-refractivity contribution in [1.82, 2.24) is 19.4 Å². The van der Waals surface area contributed by atoms with Crippen molar-refractivity contribution in [2.24, 2.45) is 5.92 Å². The molecule has 3 heterocycles. The zero-order chi connectivity index (χ0) is 13.2. The highest BCUT2D eigenvalue weighted by Crippen LogP contribution is 2.23. The lowest BCUT2D eigenvalue weighted by Crippen LogP contribution is -2.17. The summed E-state index contributed by atoms with van der Waals surface area (Å²) in [6.07, 6.45) is 6.80. The van der Waals surface area contributed by atoms with Gasteiger partial charge in [-0.25, -0.2) is 9.97 Å². The van der Waals surface area contributed by atoms with E-state index in [1.807, 2.05) is 24.7 Å². The van der Waals surface area contributed by atoms with Crippen LogP contribution in [0.4, 0.5) is 5.82 Å². The molecule has 0 amide bonds. The molecule has 1 unspecified atom stereocenters. The van der Waals surface area contributed by atoms with Crippen LogP contribution in [0.5, 0.6) is 0 Å². The van der Waals surface area contributed by atoms with Crippen molar-refractivity contribution in [3.8, 4) is 11.3 Å². The van der Waals surface area contributed by atoms with Crippen molar-refractivity contribution in [3.05, 3.63) is 30.9 Å². The number of anilines is 1. The SMILES string of the molecule is CN1CCC(Cn2cncc2-c2ccnc(N)c2)C1. The number of nitrogens with zero attached hydrogens (tertiary/aromatic N) is 4. The molecule has 2 N–H and O–H groups in total. The Labute approximate surface area is 113 Å². The number of nitrogens with two attached hydrogens (primary N) is 1. The highest BCUT2D eigenvalue weighted by molar-refractivity contribution is 5.61. The van der Waals surface area contributed by atoms with E-state index >= 15 is 0 Å². The van der Waals surface area contributed by atoms with Gasteiger partial charge in [0, 0.05) is 24.8 Å². The molecule has 2 aromatic rings. The summed E-state index contributed by atoms with van der Waals surface area (Å²) in [5.74, 6) is 1.25. The molecule has 0 bridgehead atoms. The summed E-state index contributed by atoms with van der Waals surface area (Å²) in [6, 6.07) is 3.87. The van der Waals surface area contributed by atoms with Crippen LogP contribution in [0.1, 0.15) is 6.42 Å². The largest absolute Gasteiger partial charge is 0.384 e. The maximum Gasteiger partial charge on any atom is 0.123 e. The standard InChI is InChI=1S/C14H19N5/c1-18-5-3-11(8-18)9-19-10-16-7-13(19)12-2-4-17-14(15)6-12/h2,4,6-7,10-11H,3,5,8-9H2,1H3,(H2,15,17). The number of hydrogen-bond donors (Lipinski definition) is 1. The van der Waals surface area contributed by atoms with Gasteiger partial charge >= 0.3 is 0 Å². The van der Waals surface area contributed by atoms with Crippen molar-refractivity contribution >= 4 is 5.82 Å². The van der Waals surface area contributed by atoms with Crippen molar-refractivity contribution in [2.45, 2.75) is 13.0 Å².